The molecule has 114 valence electrons. The lowest BCUT2D eigenvalue weighted by Gasteiger charge is -2.31. The summed E-state index contributed by atoms with van der Waals surface area (Å²) in [6, 6.07) is 7.93. The number of aryl methyl sites for hydroxylation is 1. The fourth-order valence-electron chi connectivity index (χ4n) is 2.74. The first-order valence-corrected chi connectivity index (χ1v) is 7.60. The summed E-state index contributed by atoms with van der Waals surface area (Å²) in [5, 5.41) is 0. The Morgan fingerprint density at radius 3 is 2.81 bits per heavy atom. The number of rotatable bonds is 4. The molecule has 4 heteroatoms. The molecule has 0 spiro atoms. The van der Waals surface area contributed by atoms with Gasteiger partial charge < -0.3 is 9.64 Å². The van der Waals surface area contributed by atoms with Gasteiger partial charge in [0.15, 0.2) is 0 Å². The van der Waals surface area contributed by atoms with E-state index in [0.29, 0.717) is 19.6 Å². The molecule has 1 atom stereocenters. The fourth-order valence-corrected chi connectivity index (χ4v) is 2.74. The van der Waals surface area contributed by atoms with E-state index in [1.165, 1.54) is 0 Å². The highest BCUT2D eigenvalue weighted by atomic mass is 16.5. The van der Waals surface area contributed by atoms with E-state index < -0.39 is 0 Å². The summed E-state index contributed by atoms with van der Waals surface area (Å²) in [5.74, 6) is -0.247. The van der Waals surface area contributed by atoms with Gasteiger partial charge in [0.05, 0.1) is 18.9 Å². The van der Waals surface area contributed by atoms with Crippen LogP contribution in [-0.4, -0.2) is 36.5 Å². The second-order valence-electron chi connectivity index (χ2n) is 5.53. The zero-order chi connectivity index (χ0) is 15.2. The number of nitrogens with zero attached hydrogens (tertiary/aromatic N) is 1. The second-order valence-corrected chi connectivity index (χ2v) is 5.53. The first-order chi connectivity index (χ1) is 10.1. The highest BCUT2D eigenvalue weighted by Crippen LogP contribution is 2.19. The van der Waals surface area contributed by atoms with Gasteiger partial charge in [0.25, 0.3) is 0 Å². The quantitative estimate of drug-likeness (QED) is 0.799. The average molecular weight is 289 g/mol. The molecule has 0 aromatic heterocycles. The number of esters is 1. The summed E-state index contributed by atoms with van der Waals surface area (Å²) in [5.41, 5.74) is 2.19. The lowest BCUT2D eigenvalue weighted by molar-refractivity contribution is -0.151. The van der Waals surface area contributed by atoms with E-state index in [1.807, 2.05) is 38.1 Å². The largest absolute Gasteiger partial charge is 0.466 e. The van der Waals surface area contributed by atoms with Crippen LogP contribution in [0.15, 0.2) is 24.3 Å². The van der Waals surface area contributed by atoms with E-state index in [9.17, 15) is 9.59 Å². The van der Waals surface area contributed by atoms with Crippen molar-refractivity contribution in [3.05, 3.63) is 35.4 Å². The molecule has 1 aromatic carbocycles. The van der Waals surface area contributed by atoms with E-state index in [1.54, 1.807) is 4.90 Å². The van der Waals surface area contributed by atoms with Crippen LogP contribution in [0, 0.1) is 12.8 Å². The van der Waals surface area contributed by atoms with Gasteiger partial charge in [0, 0.05) is 13.1 Å². The minimum Gasteiger partial charge on any atom is -0.466 e. The fraction of sp³-hybridized carbons (Fsp3) is 0.529. The zero-order valence-corrected chi connectivity index (χ0v) is 12.8. The number of piperidine rings is 1. The lowest BCUT2D eigenvalue weighted by Crippen LogP contribution is -2.43. The maximum absolute atomic E-state index is 12.4. The molecule has 1 aliphatic rings. The van der Waals surface area contributed by atoms with Crippen molar-refractivity contribution >= 4 is 11.9 Å². The molecule has 1 aliphatic heterocycles. The molecule has 21 heavy (non-hydrogen) atoms. The molecule has 1 saturated heterocycles. The third kappa shape index (κ3) is 4.06. The van der Waals surface area contributed by atoms with Gasteiger partial charge in [-0.05, 0) is 37.8 Å². The smallest absolute Gasteiger partial charge is 0.310 e. The molecule has 1 heterocycles. The van der Waals surface area contributed by atoms with Crippen LogP contribution in [0.4, 0.5) is 0 Å². The Balaban J connectivity index is 1.96. The standard InChI is InChI=1S/C17H23NO3/c1-3-21-17(20)15-9-6-10-18(12-15)16(19)11-14-8-5-4-7-13(14)2/h4-5,7-8,15H,3,6,9-12H2,1-2H3/t15-/m1/s1. The van der Waals surface area contributed by atoms with Crippen LogP contribution < -0.4 is 0 Å². The Kier molecular flexibility index (Phi) is 5.37. The summed E-state index contributed by atoms with van der Waals surface area (Å²) < 4.78 is 5.07. The molecule has 1 aromatic rings. The van der Waals surface area contributed by atoms with Crippen LogP contribution in [0.25, 0.3) is 0 Å². The van der Waals surface area contributed by atoms with Gasteiger partial charge in [-0.3, -0.25) is 9.59 Å². The maximum atomic E-state index is 12.4. The van der Waals surface area contributed by atoms with Crippen molar-refractivity contribution < 1.29 is 14.3 Å². The van der Waals surface area contributed by atoms with Gasteiger partial charge in [-0.1, -0.05) is 24.3 Å². The Bertz CT molecular complexity index is 513. The Morgan fingerprint density at radius 1 is 1.33 bits per heavy atom. The number of carbonyl (C=O) groups is 2. The SMILES string of the molecule is CCOC(=O)[C@@H]1CCCN(C(=O)Cc2ccccc2C)C1. The summed E-state index contributed by atoms with van der Waals surface area (Å²) >= 11 is 0. The van der Waals surface area contributed by atoms with E-state index >= 15 is 0 Å². The normalized spacial score (nSPS) is 18.4. The number of hydrogen-bond acceptors (Lipinski definition) is 3. The van der Waals surface area contributed by atoms with Gasteiger partial charge in [-0.25, -0.2) is 0 Å². The third-order valence-electron chi connectivity index (χ3n) is 4.00. The van der Waals surface area contributed by atoms with Crippen molar-refractivity contribution in [1.82, 2.24) is 4.90 Å². The van der Waals surface area contributed by atoms with Crippen molar-refractivity contribution in [2.45, 2.75) is 33.1 Å². The van der Waals surface area contributed by atoms with E-state index in [2.05, 4.69) is 0 Å². The van der Waals surface area contributed by atoms with E-state index in [-0.39, 0.29) is 17.8 Å². The molecule has 0 unspecified atom stereocenters. The molecular weight excluding hydrogens is 266 g/mol. The number of carbonyl (C=O) groups excluding carboxylic acids is 2. The van der Waals surface area contributed by atoms with Crippen LogP contribution in [0.5, 0.6) is 0 Å². The molecule has 1 amide bonds. The average Bonchev–Trinajstić information content (AvgIpc) is 2.50. The lowest BCUT2D eigenvalue weighted by atomic mass is 9.97. The van der Waals surface area contributed by atoms with Crippen LogP contribution in [-0.2, 0) is 20.7 Å². The molecule has 0 saturated carbocycles. The van der Waals surface area contributed by atoms with Gasteiger partial charge >= 0.3 is 5.97 Å². The number of benzene rings is 1. The first kappa shape index (κ1) is 15.5. The van der Waals surface area contributed by atoms with Gasteiger partial charge in [0.1, 0.15) is 0 Å². The number of amides is 1. The predicted octanol–water partition coefficient (Wildman–Crippen LogP) is 2.34. The summed E-state index contributed by atoms with van der Waals surface area (Å²) in [6.45, 7) is 5.44. The van der Waals surface area contributed by atoms with Crippen molar-refractivity contribution in [3.63, 3.8) is 0 Å². The number of likely N-dealkylation sites (tertiary alicyclic amines) is 1. The van der Waals surface area contributed by atoms with Crippen molar-refractivity contribution in [3.8, 4) is 0 Å². The Morgan fingerprint density at radius 2 is 2.10 bits per heavy atom. The van der Waals surface area contributed by atoms with Gasteiger partial charge in [0.2, 0.25) is 5.91 Å². The minimum absolute atomic E-state index is 0.0956. The molecule has 1 fully saturated rings. The molecule has 4 nitrogen and oxygen atoms in total. The van der Waals surface area contributed by atoms with E-state index in [4.69, 9.17) is 4.74 Å². The molecule has 2 rings (SSSR count). The maximum Gasteiger partial charge on any atom is 0.310 e. The van der Waals surface area contributed by atoms with Crippen LogP contribution in [0.1, 0.15) is 30.9 Å². The molecule has 0 bridgehead atoms. The molecular formula is C17H23NO3. The van der Waals surface area contributed by atoms with Crippen molar-refractivity contribution in [2.75, 3.05) is 19.7 Å². The number of hydrogen-bond donors (Lipinski definition) is 0. The summed E-state index contributed by atoms with van der Waals surface area (Å²) in [4.78, 5) is 26.0. The van der Waals surface area contributed by atoms with E-state index in [0.717, 1.165) is 30.5 Å². The van der Waals surface area contributed by atoms with Crippen LogP contribution in [0.2, 0.25) is 0 Å². The van der Waals surface area contributed by atoms with Gasteiger partial charge in [-0.2, -0.15) is 0 Å². The summed E-state index contributed by atoms with van der Waals surface area (Å²) in [6.07, 6.45) is 2.08. The third-order valence-corrected chi connectivity index (χ3v) is 4.00. The highest BCUT2D eigenvalue weighted by Gasteiger charge is 2.29. The molecule has 0 aliphatic carbocycles. The van der Waals surface area contributed by atoms with Crippen molar-refractivity contribution in [1.29, 1.82) is 0 Å². The zero-order valence-electron chi connectivity index (χ0n) is 12.8. The highest BCUT2D eigenvalue weighted by molar-refractivity contribution is 5.80. The molecule has 0 radical (unpaired) electrons. The van der Waals surface area contributed by atoms with Crippen LogP contribution >= 0.6 is 0 Å². The summed E-state index contributed by atoms with van der Waals surface area (Å²) in [7, 11) is 0. The minimum atomic E-state index is -0.175. The first-order valence-electron chi connectivity index (χ1n) is 7.60. The molecule has 0 N–H and O–H groups in total. The number of ether oxygens (including phenoxy) is 1. The Hall–Kier alpha value is -1.84. The van der Waals surface area contributed by atoms with Crippen molar-refractivity contribution in [2.24, 2.45) is 5.92 Å². The topological polar surface area (TPSA) is 46.6 Å². The second kappa shape index (κ2) is 7.25. The van der Waals surface area contributed by atoms with Crippen LogP contribution in [0.3, 0.4) is 0 Å². The van der Waals surface area contributed by atoms with Gasteiger partial charge in [-0.15, -0.1) is 0 Å². The monoisotopic (exact) mass is 289 g/mol. The predicted molar refractivity (Wildman–Crippen MR) is 80.8 cm³/mol. The Labute approximate surface area is 126 Å².